The van der Waals surface area contributed by atoms with E-state index in [-0.39, 0.29) is 5.95 Å². The van der Waals surface area contributed by atoms with Crippen molar-refractivity contribution in [3.63, 3.8) is 0 Å². The van der Waals surface area contributed by atoms with Gasteiger partial charge in [-0.3, -0.25) is 0 Å². The highest BCUT2D eigenvalue weighted by Crippen LogP contribution is 2.20. The average molecular weight is 279 g/mol. The van der Waals surface area contributed by atoms with Crippen molar-refractivity contribution in [2.75, 3.05) is 36.1 Å². The molecule has 1 aliphatic carbocycles. The standard InChI is InChI=1S/C14H25N5O/c1-2-16-12-10-13(19-14(15)18-12)17-8-9-20-11-6-4-3-5-7-11/h10-11H,2-9H2,1H3,(H4,15,16,17,18,19). The summed E-state index contributed by atoms with van der Waals surface area (Å²) in [6, 6.07) is 1.86. The molecule has 1 aliphatic rings. The molecule has 0 amide bonds. The van der Waals surface area contributed by atoms with Gasteiger partial charge in [-0.15, -0.1) is 0 Å². The fourth-order valence-corrected chi connectivity index (χ4v) is 2.46. The summed E-state index contributed by atoms with van der Waals surface area (Å²) in [5.74, 6) is 1.76. The average Bonchev–Trinajstić information content (AvgIpc) is 2.45. The lowest BCUT2D eigenvalue weighted by Gasteiger charge is -2.22. The Kier molecular flexibility index (Phi) is 5.86. The number of aromatic nitrogens is 2. The molecule has 1 aromatic heterocycles. The number of ether oxygens (including phenoxy) is 1. The summed E-state index contributed by atoms with van der Waals surface area (Å²) in [6.07, 6.45) is 6.79. The second-order valence-electron chi connectivity index (χ2n) is 5.08. The largest absolute Gasteiger partial charge is 0.376 e. The molecule has 1 heterocycles. The van der Waals surface area contributed by atoms with Gasteiger partial charge in [-0.1, -0.05) is 19.3 Å². The Balaban J connectivity index is 1.72. The summed E-state index contributed by atoms with van der Waals surface area (Å²) in [5.41, 5.74) is 5.68. The van der Waals surface area contributed by atoms with Gasteiger partial charge in [0.05, 0.1) is 12.7 Å². The molecule has 0 unspecified atom stereocenters. The Bertz CT molecular complexity index is 407. The summed E-state index contributed by atoms with van der Waals surface area (Å²) in [6.45, 7) is 4.26. The predicted molar refractivity (Wildman–Crippen MR) is 81.9 cm³/mol. The number of hydrogen-bond acceptors (Lipinski definition) is 6. The van der Waals surface area contributed by atoms with E-state index in [9.17, 15) is 0 Å². The van der Waals surface area contributed by atoms with E-state index in [0.29, 0.717) is 12.7 Å². The molecule has 2 rings (SSSR count). The summed E-state index contributed by atoms with van der Waals surface area (Å²) >= 11 is 0. The topological polar surface area (TPSA) is 85.1 Å². The van der Waals surface area contributed by atoms with Crippen LogP contribution in [0.1, 0.15) is 39.0 Å². The normalized spacial score (nSPS) is 16.1. The van der Waals surface area contributed by atoms with E-state index in [1.165, 1.54) is 32.1 Å². The fourth-order valence-electron chi connectivity index (χ4n) is 2.46. The third-order valence-corrected chi connectivity index (χ3v) is 3.42. The van der Waals surface area contributed by atoms with Gasteiger partial charge in [0.25, 0.3) is 0 Å². The minimum atomic E-state index is 0.277. The second kappa shape index (κ2) is 7.89. The zero-order chi connectivity index (χ0) is 14.2. The van der Waals surface area contributed by atoms with Gasteiger partial charge in [0, 0.05) is 19.2 Å². The molecule has 112 valence electrons. The van der Waals surface area contributed by atoms with Crippen LogP contribution in [-0.4, -0.2) is 35.8 Å². The molecule has 20 heavy (non-hydrogen) atoms. The van der Waals surface area contributed by atoms with Crippen molar-refractivity contribution in [1.29, 1.82) is 0 Å². The smallest absolute Gasteiger partial charge is 0.223 e. The third kappa shape index (κ3) is 4.85. The van der Waals surface area contributed by atoms with Gasteiger partial charge >= 0.3 is 0 Å². The van der Waals surface area contributed by atoms with Crippen molar-refractivity contribution in [2.24, 2.45) is 0 Å². The van der Waals surface area contributed by atoms with Crippen molar-refractivity contribution < 1.29 is 4.74 Å². The minimum absolute atomic E-state index is 0.277. The van der Waals surface area contributed by atoms with Crippen LogP contribution in [0.3, 0.4) is 0 Å². The van der Waals surface area contributed by atoms with Gasteiger partial charge in [-0.05, 0) is 19.8 Å². The first-order chi connectivity index (χ1) is 9.78. The zero-order valence-corrected chi connectivity index (χ0v) is 12.2. The SMILES string of the molecule is CCNc1cc(NCCOC2CCCCC2)nc(N)n1. The van der Waals surface area contributed by atoms with Crippen LogP contribution < -0.4 is 16.4 Å². The highest BCUT2D eigenvalue weighted by molar-refractivity contribution is 5.50. The molecule has 4 N–H and O–H groups in total. The maximum atomic E-state index is 5.86. The van der Waals surface area contributed by atoms with Gasteiger partial charge in [-0.25, -0.2) is 0 Å². The van der Waals surface area contributed by atoms with Gasteiger partial charge in [0.1, 0.15) is 11.6 Å². The number of hydrogen-bond donors (Lipinski definition) is 3. The molecule has 6 heteroatoms. The van der Waals surface area contributed by atoms with E-state index in [1.807, 2.05) is 13.0 Å². The minimum Gasteiger partial charge on any atom is -0.376 e. The lowest BCUT2D eigenvalue weighted by Crippen LogP contribution is -2.21. The van der Waals surface area contributed by atoms with E-state index < -0.39 is 0 Å². The summed E-state index contributed by atoms with van der Waals surface area (Å²) < 4.78 is 5.86. The molecule has 0 aromatic carbocycles. The molecule has 0 saturated heterocycles. The monoisotopic (exact) mass is 279 g/mol. The second-order valence-corrected chi connectivity index (χ2v) is 5.08. The van der Waals surface area contributed by atoms with Crippen molar-refractivity contribution in [1.82, 2.24) is 9.97 Å². The Labute approximate surface area is 120 Å². The molecule has 0 spiro atoms. The first kappa shape index (κ1) is 14.8. The van der Waals surface area contributed by atoms with Crippen molar-refractivity contribution in [3.8, 4) is 0 Å². The van der Waals surface area contributed by atoms with E-state index in [0.717, 1.165) is 24.7 Å². The van der Waals surface area contributed by atoms with Crippen molar-refractivity contribution >= 4 is 17.6 Å². The van der Waals surface area contributed by atoms with Crippen molar-refractivity contribution in [2.45, 2.75) is 45.1 Å². The Morgan fingerprint density at radius 2 is 1.90 bits per heavy atom. The quantitative estimate of drug-likeness (QED) is 0.664. The summed E-state index contributed by atoms with van der Waals surface area (Å²) in [7, 11) is 0. The molecular formula is C14H25N5O. The summed E-state index contributed by atoms with van der Waals surface area (Å²) in [5, 5.41) is 6.36. The molecule has 6 nitrogen and oxygen atoms in total. The Morgan fingerprint density at radius 3 is 2.60 bits per heavy atom. The first-order valence-electron chi connectivity index (χ1n) is 7.52. The predicted octanol–water partition coefficient (Wildman–Crippen LogP) is 2.25. The number of anilines is 3. The number of nitrogen functional groups attached to an aromatic ring is 1. The number of nitrogens with two attached hydrogens (primary N) is 1. The first-order valence-corrected chi connectivity index (χ1v) is 7.52. The van der Waals surface area contributed by atoms with Crippen molar-refractivity contribution in [3.05, 3.63) is 6.07 Å². The van der Waals surface area contributed by atoms with E-state index >= 15 is 0 Å². The molecule has 0 aliphatic heterocycles. The van der Waals surface area contributed by atoms with Crippen LogP contribution in [0.4, 0.5) is 17.6 Å². The van der Waals surface area contributed by atoms with Crippen LogP contribution in [0.2, 0.25) is 0 Å². The van der Waals surface area contributed by atoms with Crippen LogP contribution in [0.25, 0.3) is 0 Å². The Hall–Kier alpha value is -1.56. The fraction of sp³-hybridized carbons (Fsp3) is 0.714. The number of nitrogens with zero attached hydrogens (tertiary/aromatic N) is 2. The maximum absolute atomic E-state index is 5.86. The molecule has 0 radical (unpaired) electrons. The van der Waals surface area contributed by atoms with Crippen LogP contribution in [0.15, 0.2) is 6.07 Å². The lowest BCUT2D eigenvalue weighted by atomic mass is 9.98. The molecule has 1 saturated carbocycles. The van der Waals surface area contributed by atoms with E-state index in [1.54, 1.807) is 0 Å². The molecule has 0 atom stereocenters. The summed E-state index contributed by atoms with van der Waals surface area (Å²) in [4.78, 5) is 8.27. The third-order valence-electron chi connectivity index (χ3n) is 3.42. The van der Waals surface area contributed by atoms with E-state index in [2.05, 4.69) is 20.6 Å². The van der Waals surface area contributed by atoms with Gasteiger partial charge in [-0.2, -0.15) is 9.97 Å². The van der Waals surface area contributed by atoms with Gasteiger partial charge in [0.2, 0.25) is 5.95 Å². The van der Waals surface area contributed by atoms with Crippen LogP contribution in [0.5, 0.6) is 0 Å². The number of nitrogens with one attached hydrogen (secondary N) is 2. The lowest BCUT2D eigenvalue weighted by molar-refractivity contribution is 0.0347. The van der Waals surface area contributed by atoms with Crippen LogP contribution in [0, 0.1) is 0 Å². The molecule has 1 fully saturated rings. The highest BCUT2D eigenvalue weighted by atomic mass is 16.5. The van der Waals surface area contributed by atoms with E-state index in [4.69, 9.17) is 10.5 Å². The number of rotatable bonds is 7. The van der Waals surface area contributed by atoms with Gasteiger partial charge < -0.3 is 21.1 Å². The highest BCUT2D eigenvalue weighted by Gasteiger charge is 2.13. The molecular weight excluding hydrogens is 254 g/mol. The van der Waals surface area contributed by atoms with Crippen LogP contribution >= 0.6 is 0 Å². The van der Waals surface area contributed by atoms with Crippen LogP contribution in [-0.2, 0) is 4.74 Å². The zero-order valence-electron chi connectivity index (χ0n) is 12.2. The van der Waals surface area contributed by atoms with Gasteiger partial charge in [0.15, 0.2) is 0 Å². The maximum Gasteiger partial charge on any atom is 0.223 e. The molecule has 1 aromatic rings. The molecule has 0 bridgehead atoms. The Morgan fingerprint density at radius 1 is 1.20 bits per heavy atom.